The third kappa shape index (κ3) is 2.18. The monoisotopic (exact) mass is 329 g/mol. The number of nitrogens with zero attached hydrogens (tertiary/aromatic N) is 1. The van der Waals surface area contributed by atoms with Crippen LogP contribution in [0.4, 0.5) is 0 Å². The predicted molar refractivity (Wildman–Crippen MR) is 93.2 cm³/mol. The van der Waals surface area contributed by atoms with E-state index < -0.39 is 0 Å². The molecule has 2 N–H and O–H groups in total. The summed E-state index contributed by atoms with van der Waals surface area (Å²) in [5.41, 5.74) is 3.98. The van der Waals surface area contributed by atoms with E-state index in [1.165, 1.54) is 0 Å². The lowest BCUT2D eigenvalue weighted by atomic mass is 10.0. The normalized spacial score (nSPS) is 14.2. The van der Waals surface area contributed by atoms with Gasteiger partial charge in [-0.05, 0) is 24.3 Å². The summed E-state index contributed by atoms with van der Waals surface area (Å²) >= 11 is 12.6. The number of fused-ring (bicyclic) bond motifs is 1. The van der Waals surface area contributed by atoms with Crippen LogP contribution in [0, 0.1) is 0 Å². The number of halogens is 2. The molecule has 0 bridgehead atoms. The molecule has 2 aromatic carbocycles. The highest BCUT2D eigenvalue weighted by Crippen LogP contribution is 2.35. The van der Waals surface area contributed by atoms with Crippen LogP contribution < -0.4 is 5.32 Å². The molecule has 0 spiro atoms. The highest BCUT2D eigenvalue weighted by Gasteiger charge is 2.21. The molecule has 0 atom stereocenters. The molecule has 5 heteroatoms. The van der Waals surface area contributed by atoms with Gasteiger partial charge in [0.1, 0.15) is 5.84 Å². The zero-order valence-corrected chi connectivity index (χ0v) is 13.2. The number of aromatic amines is 1. The Morgan fingerprint density at radius 1 is 1.05 bits per heavy atom. The van der Waals surface area contributed by atoms with Crippen molar-refractivity contribution in [1.82, 2.24) is 10.3 Å². The molecule has 0 aliphatic carbocycles. The summed E-state index contributed by atoms with van der Waals surface area (Å²) in [6.07, 6.45) is 0. The van der Waals surface area contributed by atoms with Gasteiger partial charge in [-0.25, -0.2) is 0 Å². The fraction of sp³-hybridized carbons (Fsp3) is 0.118. The second-order valence-electron chi connectivity index (χ2n) is 5.20. The van der Waals surface area contributed by atoms with Gasteiger partial charge >= 0.3 is 0 Å². The third-order valence-corrected chi connectivity index (χ3v) is 4.38. The maximum atomic E-state index is 6.39. The van der Waals surface area contributed by atoms with E-state index in [0.29, 0.717) is 10.0 Å². The van der Waals surface area contributed by atoms with Gasteiger partial charge in [0.2, 0.25) is 0 Å². The minimum atomic E-state index is 0.706. The number of hydrogen-bond acceptors (Lipinski definition) is 2. The van der Waals surface area contributed by atoms with Gasteiger partial charge < -0.3 is 10.3 Å². The molecule has 0 amide bonds. The molecule has 1 aliphatic rings. The molecule has 3 nitrogen and oxygen atoms in total. The summed E-state index contributed by atoms with van der Waals surface area (Å²) in [6, 6.07) is 13.6. The number of hydrogen-bond donors (Lipinski definition) is 2. The number of aromatic nitrogens is 1. The van der Waals surface area contributed by atoms with Gasteiger partial charge in [0.25, 0.3) is 0 Å². The minimum absolute atomic E-state index is 0.706. The summed E-state index contributed by atoms with van der Waals surface area (Å²) < 4.78 is 0. The second kappa shape index (κ2) is 5.34. The molecular weight excluding hydrogens is 317 g/mol. The summed E-state index contributed by atoms with van der Waals surface area (Å²) in [7, 11) is 0. The van der Waals surface area contributed by atoms with Gasteiger partial charge in [-0.3, -0.25) is 4.99 Å². The Labute approximate surface area is 138 Å². The minimum Gasteiger partial charge on any atom is -0.368 e. The van der Waals surface area contributed by atoms with E-state index >= 15 is 0 Å². The smallest absolute Gasteiger partial charge is 0.131 e. The molecule has 1 aromatic heterocycles. The Bertz CT molecular complexity index is 896. The Morgan fingerprint density at radius 2 is 1.91 bits per heavy atom. The van der Waals surface area contributed by atoms with Crippen LogP contribution in [0.2, 0.25) is 10.0 Å². The van der Waals surface area contributed by atoms with Gasteiger partial charge in [-0.15, -0.1) is 0 Å². The zero-order valence-electron chi connectivity index (χ0n) is 11.7. The van der Waals surface area contributed by atoms with Crippen LogP contribution in [0.25, 0.3) is 22.2 Å². The van der Waals surface area contributed by atoms with Gasteiger partial charge in [-0.2, -0.15) is 0 Å². The molecule has 3 aromatic rings. The van der Waals surface area contributed by atoms with E-state index in [1.54, 1.807) is 0 Å². The maximum Gasteiger partial charge on any atom is 0.131 e. The van der Waals surface area contributed by atoms with Crippen molar-refractivity contribution in [3.8, 4) is 11.3 Å². The molecule has 110 valence electrons. The first-order valence-electron chi connectivity index (χ1n) is 7.09. The van der Waals surface area contributed by atoms with Crippen molar-refractivity contribution in [2.24, 2.45) is 4.99 Å². The number of benzene rings is 2. The molecule has 0 saturated heterocycles. The van der Waals surface area contributed by atoms with Crippen molar-refractivity contribution >= 4 is 39.9 Å². The van der Waals surface area contributed by atoms with Crippen LogP contribution in [0.15, 0.2) is 47.5 Å². The van der Waals surface area contributed by atoms with Crippen molar-refractivity contribution in [1.29, 1.82) is 0 Å². The highest BCUT2D eigenvalue weighted by molar-refractivity contribution is 6.34. The quantitative estimate of drug-likeness (QED) is 0.714. The number of H-pyrrole nitrogens is 1. The molecule has 2 heterocycles. The average molecular weight is 330 g/mol. The van der Waals surface area contributed by atoms with E-state index in [1.807, 2.05) is 42.5 Å². The Kier molecular flexibility index (Phi) is 3.32. The first kappa shape index (κ1) is 13.7. The Balaban J connectivity index is 2.05. The molecule has 1 aliphatic heterocycles. The molecule has 22 heavy (non-hydrogen) atoms. The number of rotatable bonds is 2. The molecule has 4 rings (SSSR count). The highest BCUT2D eigenvalue weighted by atomic mass is 35.5. The predicted octanol–water partition coefficient (Wildman–Crippen LogP) is 4.49. The van der Waals surface area contributed by atoms with Gasteiger partial charge in [-0.1, -0.05) is 41.4 Å². The lowest BCUT2D eigenvalue weighted by molar-refractivity contribution is 0.960. The number of amidine groups is 1. The zero-order chi connectivity index (χ0) is 15.1. The van der Waals surface area contributed by atoms with Crippen LogP contribution >= 0.6 is 23.2 Å². The topological polar surface area (TPSA) is 40.2 Å². The summed E-state index contributed by atoms with van der Waals surface area (Å²) in [5, 5.41) is 5.81. The standard InChI is InChI=1S/C17H13Cl2N3/c18-10-5-6-14-12(9-10)15(17-20-7-8-21-17)16(22-14)11-3-1-2-4-13(11)19/h1-6,9,22H,7-8H2,(H,20,21). The van der Waals surface area contributed by atoms with Crippen molar-refractivity contribution in [3.63, 3.8) is 0 Å². The fourth-order valence-corrected chi connectivity index (χ4v) is 3.24. The first-order chi connectivity index (χ1) is 10.7. The van der Waals surface area contributed by atoms with Crippen molar-refractivity contribution in [2.75, 3.05) is 13.1 Å². The lowest BCUT2D eigenvalue weighted by Gasteiger charge is -2.07. The van der Waals surface area contributed by atoms with E-state index in [9.17, 15) is 0 Å². The van der Waals surface area contributed by atoms with Gasteiger partial charge in [0, 0.05) is 38.6 Å². The van der Waals surface area contributed by atoms with E-state index in [-0.39, 0.29) is 0 Å². The molecule has 0 unspecified atom stereocenters. The lowest BCUT2D eigenvalue weighted by Crippen LogP contribution is -2.19. The Hall–Kier alpha value is -1.97. The van der Waals surface area contributed by atoms with E-state index in [4.69, 9.17) is 23.2 Å². The van der Waals surface area contributed by atoms with Crippen LogP contribution in [0.1, 0.15) is 5.56 Å². The summed E-state index contributed by atoms with van der Waals surface area (Å²) in [6.45, 7) is 1.63. The van der Waals surface area contributed by atoms with E-state index in [0.717, 1.165) is 46.6 Å². The van der Waals surface area contributed by atoms with Crippen molar-refractivity contribution in [2.45, 2.75) is 0 Å². The molecule has 0 radical (unpaired) electrons. The van der Waals surface area contributed by atoms with Crippen LogP contribution in [0.3, 0.4) is 0 Å². The third-order valence-electron chi connectivity index (χ3n) is 3.81. The van der Waals surface area contributed by atoms with Gasteiger partial charge in [0.05, 0.1) is 12.2 Å². The van der Waals surface area contributed by atoms with Crippen molar-refractivity contribution in [3.05, 3.63) is 58.1 Å². The number of aliphatic imine (C=N–C) groups is 1. The average Bonchev–Trinajstić information content (AvgIpc) is 3.14. The fourth-order valence-electron chi connectivity index (χ4n) is 2.84. The molecule has 0 fully saturated rings. The first-order valence-corrected chi connectivity index (χ1v) is 7.84. The van der Waals surface area contributed by atoms with Crippen LogP contribution in [0.5, 0.6) is 0 Å². The van der Waals surface area contributed by atoms with Crippen LogP contribution in [-0.4, -0.2) is 23.9 Å². The summed E-state index contributed by atoms with van der Waals surface area (Å²) in [4.78, 5) is 8.03. The molecular formula is C17H13Cl2N3. The Morgan fingerprint density at radius 3 is 2.68 bits per heavy atom. The maximum absolute atomic E-state index is 6.39. The van der Waals surface area contributed by atoms with Crippen LogP contribution in [-0.2, 0) is 0 Å². The largest absolute Gasteiger partial charge is 0.368 e. The SMILES string of the molecule is Clc1ccc2[nH]c(-c3ccccc3Cl)c(C3=NCCN3)c2c1. The number of nitrogens with one attached hydrogen (secondary N) is 2. The second-order valence-corrected chi connectivity index (χ2v) is 6.05. The molecule has 0 saturated carbocycles. The van der Waals surface area contributed by atoms with E-state index in [2.05, 4.69) is 15.3 Å². The van der Waals surface area contributed by atoms with Crippen molar-refractivity contribution < 1.29 is 0 Å². The van der Waals surface area contributed by atoms with Gasteiger partial charge in [0.15, 0.2) is 0 Å². The summed E-state index contributed by atoms with van der Waals surface area (Å²) in [5.74, 6) is 0.892.